The maximum Gasteiger partial charge on any atom is 0.433 e. The van der Waals surface area contributed by atoms with Gasteiger partial charge in [-0.25, -0.2) is 14.4 Å². The number of amides is 1. The molecule has 0 saturated carbocycles. The fourth-order valence-corrected chi connectivity index (χ4v) is 3.90. The largest absolute Gasteiger partial charge is 0.433 e. The minimum absolute atomic E-state index is 0.253. The molecule has 0 radical (unpaired) electrons. The van der Waals surface area contributed by atoms with E-state index in [9.17, 15) is 22.4 Å². The lowest BCUT2D eigenvalue weighted by molar-refractivity contribution is -0.141. The van der Waals surface area contributed by atoms with Crippen LogP contribution in [0.25, 0.3) is 11.1 Å². The van der Waals surface area contributed by atoms with Gasteiger partial charge in [0.15, 0.2) is 0 Å². The molecule has 1 fully saturated rings. The number of nitrogens with zero attached hydrogens (tertiary/aromatic N) is 4. The second-order valence-electron chi connectivity index (χ2n) is 8.13. The van der Waals surface area contributed by atoms with Crippen molar-refractivity contribution in [3.63, 3.8) is 0 Å². The average Bonchev–Trinajstić information content (AvgIpc) is 3.20. The quantitative estimate of drug-likeness (QED) is 0.517. The van der Waals surface area contributed by atoms with Crippen LogP contribution in [-0.2, 0) is 11.0 Å². The van der Waals surface area contributed by atoms with Crippen molar-refractivity contribution in [3.05, 3.63) is 66.0 Å². The lowest BCUT2D eigenvalue weighted by Gasteiger charge is -2.19. The molecule has 4 heterocycles. The van der Waals surface area contributed by atoms with Gasteiger partial charge < -0.3 is 10.6 Å². The summed E-state index contributed by atoms with van der Waals surface area (Å²) in [7, 11) is 0. The van der Waals surface area contributed by atoms with E-state index in [-0.39, 0.29) is 24.4 Å². The zero-order valence-electron chi connectivity index (χ0n) is 18.3. The Morgan fingerprint density at radius 2 is 1.82 bits per heavy atom. The lowest BCUT2D eigenvalue weighted by atomic mass is 9.89. The predicted molar refractivity (Wildman–Crippen MR) is 116 cm³/mol. The molecule has 2 N–H and O–H groups in total. The lowest BCUT2D eigenvalue weighted by Crippen LogP contribution is -2.23. The zero-order valence-corrected chi connectivity index (χ0v) is 18.3. The van der Waals surface area contributed by atoms with Crippen LogP contribution in [0.5, 0.6) is 0 Å². The van der Waals surface area contributed by atoms with Gasteiger partial charge in [-0.2, -0.15) is 13.2 Å². The number of aromatic nitrogens is 4. The Morgan fingerprint density at radius 3 is 2.50 bits per heavy atom. The van der Waals surface area contributed by atoms with Crippen LogP contribution < -0.4 is 10.6 Å². The highest BCUT2D eigenvalue weighted by molar-refractivity contribution is 5.85. The van der Waals surface area contributed by atoms with Crippen LogP contribution in [-0.4, -0.2) is 38.6 Å². The summed E-state index contributed by atoms with van der Waals surface area (Å²) in [5.41, 5.74) is 0.930. The Labute approximate surface area is 193 Å². The van der Waals surface area contributed by atoms with Crippen molar-refractivity contribution < 1.29 is 22.4 Å². The number of nitrogens with one attached hydrogen (secondary N) is 2. The highest BCUT2D eigenvalue weighted by atomic mass is 19.4. The van der Waals surface area contributed by atoms with Crippen molar-refractivity contribution in [1.82, 2.24) is 25.3 Å². The number of rotatable bonds is 6. The van der Waals surface area contributed by atoms with Crippen molar-refractivity contribution in [2.75, 3.05) is 11.9 Å². The molecular weight excluding hydrogens is 452 g/mol. The highest BCUT2D eigenvalue weighted by Gasteiger charge is 2.40. The predicted octanol–water partition coefficient (Wildman–Crippen LogP) is 4.31. The molecular formula is C23H22F4N6O. The molecule has 1 amide bonds. The SMILES string of the molecule is C[C@H](Nc1nccc([C@@H]2C(=O)NCC2[C@H](C)F)n1)c1ccc(-c2ccnc(C(F)(F)F)c2)cn1. The minimum Gasteiger partial charge on any atom is -0.355 e. The standard InChI is InChI=1S/C23H22F4N6O/c1-12(24)16-11-31-21(34)20(16)18-6-8-29-22(33-18)32-13(2)17-4-3-15(10-30-17)14-5-7-28-19(9-14)23(25,26)27/h3-10,12-13,16,20H,11H2,1-2H3,(H,31,34)(H,29,32,33)/t12-,13-,16?,20+/m0/s1. The summed E-state index contributed by atoms with van der Waals surface area (Å²) in [5.74, 6) is -1.22. The van der Waals surface area contributed by atoms with Crippen molar-refractivity contribution in [2.24, 2.45) is 5.92 Å². The molecule has 1 saturated heterocycles. The molecule has 11 heteroatoms. The maximum atomic E-state index is 14.0. The third-order valence-corrected chi connectivity index (χ3v) is 5.77. The van der Waals surface area contributed by atoms with Crippen LogP contribution in [0.1, 0.15) is 42.9 Å². The van der Waals surface area contributed by atoms with Crippen LogP contribution >= 0.6 is 0 Å². The molecule has 4 atom stereocenters. The van der Waals surface area contributed by atoms with Gasteiger partial charge in [-0.3, -0.25) is 14.8 Å². The maximum absolute atomic E-state index is 14.0. The first-order valence-electron chi connectivity index (χ1n) is 10.6. The summed E-state index contributed by atoms with van der Waals surface area (Å²) >= 11 is 0. The number of alkyl halides is 4. The third-order valence-electron chi connectivity index (χ3n) is 5.77. The molecule has 0 aliphatic carbocycles. The number of halogens is 4. The van der Waals surface area contributed by atoms with Gasteiger partial charge in [-0.15, -0.1) is 0 Å². The minimum atomic E-state index is -4.53. The summed E-state index contributed by atoms with van der Waals surface area (Å²) < 4.78 is 52.8. The van der Waals surface area contributed by atoms with Crippen molar-refractivity contribution in [2.45, 2.75) is 38.2 Å². The van der Waals surface area contributed by atoms with E-state index in [2.05, 4.69) is 30.6 Å². The van der Waals surface area contributed by atoms with Gasteiger partial charge in [-0.1, -0.05) is 6.07 Å². The van der Waals surface area contributed by atoms with Gasteiger partial charge in [0, 0.05) is 36.6 Å². The van der Waals surface area contributed by atoms with Crippen molar-refractivity contribution >= 4 is 11.9 Å². The van der Waals surface area contributed by atoms with Gasteiger partial charge >= 0.3 is 6.18 Å². The second-order valence-corrected chi connectivity index (χ2v) is 8.13. The number of anilines is 1. The first-order valence-corrected chi connectivity index (χ1v) is 10.6. The number of hydrogen-bond acceptors (Lipinski definition) is 6. The number of hydrogen-bond donors (Lipinski definition) is 2. The van der Waals surface area contributed by atoms with Crippen LogP contribution in [0.3, 0.4) is 0 Å². The number of pyridine rings is 2. The van der Waals surface area contributed by atoms with Crippen molar-refractivity contribution in [3.8, 4) is 11.1 Å². The van der Waals surface area contributed by atoms with E-state index in [0.717, 1.165) is 12.3 Å². The molecule has 0 aromatic carbocycles. The van der Waals surface area contributed by atoms with E-state index in [1.165, 1.54) is 25.4 Å². The Bertz CT molecular complexity index is 1170. The van der Waals surface area contributed by atoms with Gasteiger partial charge in [0.05, 0.1) is 23.3 Å². The fourth-order valence-electron chi connectivity index (χ4n) is 3.90. The van der Waals surface area contributed by atoms with Gasteiger partial charge in [-0.05, 0) is 43.7 Å². The Kier molecular flexibility index (Phi) is 6.45. The summed E-state index contributed by atoms with van der Waals surface area (Å²) in [6, 6.07) is 7.07. The molecule has 178 valence electrons. The molecule has 3 aromatic heterocycles. The normalized spacial score (nSPS) is 20.0. The summed E-state index contributed by atoms with van der Waals surface area (Å²) in [6.07, 6.45) is -1.61. The van der Waals surface area contributed by atoms with Crippen molar-refractivity contribution in [1.29, 1.82) is 0 Å². The molecule has 34 heavy (non-hydrogen) atoms. The molecule has 1 aliphatic heterocycles. The van der Waals surface area contributed by atoms with E-state index < -0.39 is 29.9 Å². The molecule has 0 spiro atoms. The Morgan fingerprint density at radius 1 is 1.06 bits per heavy atom. The highest BCUT2D eigenvalue weighted by Crippen LogP contribution is 2.33. The Hall–Kier alpha value is -3.63. The molecule has 7 nitrogen and oxygen atoms in total. The summed E-state index contributed by atoms with van der Waals surface area (Å²) in [6.45, 7) is 3.50. The smallest absolute Gasteiger partial charge is 0.355 e. The van der Waals surface area contributed by atoms with E-state index in [0.29, 0.717) is 22.5 Å². The number of carbonyl (C=O) groups excluding carboxylic acids is 1. The van der Waals surface area contributed by atoms with E-state index in [1.54, 1.807) is 18.2 Å². The first kappa shape index (κ1) is 23.5. The number of carbonyl (C=O) groups is 1. The second kappa shape index (κ2) is 9.32. The summed E-state index contributed by atoms with van der Waals surface area (Å²) in [5, 5.41) is 5.78. The van der Waals surface area contributed by atoms with Gasteiger partial charge in [0.25, 0.3) is 0 Å². The molecule has 0 bridgehead atoms. The van der Waals surface area contributed by atoms with Crippen LogP contribution in [0.4, 0.5) is 23.5 Å². The zero-order chi connectivity index (χ0) is 24.5. The molecule has 3 aromatic rings. The molecule has 1 aliphatic rings. The average molecular weight is 474 g/mol. The summed E-state index contributed by atoms with van der Waals surface area (Å²) in [4.78, 5) is 28.5. The monoisotopic (exact) mass is 474 g/mol. The van der Waals surface area contributed by atoms with E-state index >= 15 is 0 Å². The van der Waals surface area contributed by atoms with E-state index in [4.69, 9.17) is 0 Å². The van der Waals surface area contributed by atoms with E-state index in [1.807, 2.05) is 6.92 Å². The topological polar surface area (TPSA) is 92.7 Å². The van der Waals surface area contributed by atoms with Gasteiger partial charge in [0.1, 0.15) is 11.9 Å². The van der Waals surface area contributed by atoms with Crippen LogP contribution in [0.15, 0.2) is 48.9 Å². The van der Waals surface area contributed by atoms with Crippen LogP contribution in [0, 0.1) is 5.92 Å². The molecule has 1 unspecified atom stereocenters. The fraction of sp³-hybridized carbons (Fsp3) is 0.348. The Balaban J connectivity index is 1.49. The first-order chi connectivity index (χ1) is 16.1. The molecule has 4 rings (SSSR count). The van der Waals surface area contributed by atoms with Crippen LogP contribution in [0.2, 0.25) is 0 Å². The third kappa shape index (κ3) is 4.97. The van der Waals surface area contributed by atoms with Gasteiger partial charge in [0.2, 0.25) is 11.9 Å².